The van der Waals surface area contributed by atoms with Crippen LogP contribution in [0.25, 0.3) is 11.0 Å². The van der Waals surface area contributed by atoms with E-state index < -0.39 is 0 Å². The molecule has 1 aromatic carbocycles. The maximum absolute atomic E-state index is 11.7. The average Bonchev–Trinajstić information content (AvgIpc) is 2.93. The smallest absolute Gasteiger partial charge is 0.192 e. The highest BCUT2D eigenvalue weighted by molar-refractivity contribution is 5.77. The molecular formula is C15H13NO3. The summed E-state index contributed by atoms with van der Waals surface area (Å²) in [5.41, 5.74) is 0.516. The molecule has 4 nitrogen and oxygen atoms in total. The summed E-state index contributed by atoms with van der Waals surface area (Å²) in [6.45, 7) is 1.33. The minimum atomic E-state index is -0.0582. The number of benzene rings is 1. The Morgan fingerprint density at radius 3 is 2.84 bits per heavy atom. The first-order valence-corrected chi connectivity index (χ1v) is 6.08. The topological polar surface area (TPSA) is 44.4 Å². The van der Waals surface area contributed by atoms with Crippen LogP contribution in [-0.2, 0) is 6.54 Å². The molecule has 0 aliphatic carbocycles. The van der Waals surface area contributed by atoms with Crippen molar-refractivity contribution in [1.29, 1.82) is 0 Å². The van der Waals surface area contributed by atoms with Crippen molar-refractivity contribution in [2.24, 2.45) is 0 Å². The molecule has 0 aliphatic rings. The minimum Gasteiger partial charge on any atom is -0.492 e. The highest BCUT2D eigenvalue weighted by Crippen LogP contribution is 2.17. The zero-order valence-corrected chi connectivity index (χ0v) is 10.3. The van der Waals surface area contributed by atoms with E-state index in [0.717, 1.165) is 6.54 Å². The predicted molar refractivity (Wildman–Crippen MR) is 72.4 cm³/mol. The van der Waals surface area contributed by atoms with Crippen molar-refractivity contribution >= 4 is 11.0 Å². The van der Waals surface area contributed by atoms with E-state index in [0.29, 0.717) is 23.3 Å². The minimum absolute atomic E-state index is 0.0582. The van der Waals surface area contributed by atoms with Crippen LogP contribution in [0.4, 0.5) is 0 Å². The van der Waals surface area contributed by atoms with Gasteiger partial charge >= 0.3 is 0 Å². The van der Waals surface area contributed by atoms with E-state index in [-0.39, 0.29) is 5.43 Å². The second kappa shape index (κ2) is 5.02. The van der Waals surface area contributed by atoms with Gasteiger partial charge in [0.15, 0.2) is 5.43 Å². The third-order valence-electron chi connectivity index (χ3n) is 2.92. The monoisotopic (exact) mass is 255 g/mol. The first-order chi connectivity index (χ1) is 9.33. The van der Waals surface area contributed by atoms with Crippen molar-refractivity contribution in [3.05, 3.63) is 65.3 Å². The van der Waals surface area contributed by atoms with Gasteiger partial charge in [-0.1, -0.05) is 0 Å². The van der Waals surface area contributed by atoms with Crippen molar-refractivity contribution < 1.29 is 9.15 Å². The molecular weight excluding hydrogens is 242 g/mol. The van der Waals surface area contributed by atoms with Crippen LogP contribution < -0.4 is 10.2 Å². The molecule has 0 amide bonds. The molecule has 0 atom stereocenters. The number of hydrogen-bond acceptors (Lipinski definition) is 3. The lowest BCUT2D eigenvalue weighted by Gasteiger charge is -2.07. The van der Waals surface area contributed by atoms with Gasteiger partial charge in [0.2, 0.25) is 0 Å². The molecule has 2 aromatic heterocycles. The van der Waals surface area contributed by atoms with Gasteiger partial charge in [0.25, 0.3) is 0 Å². The molecule has 0 saturated carbocycles. The summed E-state index contributed by atoms with van der Waals surface area (Å²) in [5, 5.41) is 0.543. The molecule has 0 unspecified atom stereocenters. The van der Waals surface area contributed by atoms with Gasteiger partial charge in [-0.15, -0.1) is 0 Å². The van der Waals surface area contributed by atoms with Crippen LogP contribution in [0.2, 0.25) is 0 Å². The maximum atomic E-state index is 11.7. The lowest BCUT2D eigenvalue weighted by molar-refractivity contribution is 0.299. The Balaban J connectivity index is 1.74. The predicted octanol–water partition coefficient (Wildman–Crippen LogP) is 2.67. The van der Waals surface area contributed by atoms with Gasteiger partial charge in [-0.3, -0.25) is 4.79 Å². The number of rotatable bonds is 4. The van der Waals surface area contributed by atoms with Crippen LogP contribution in [0, 0.1) is 0 Å². The standard InChI is InChI=1S/C15H13NO3/c17-14-5-9-19-15-4-3-12(11-13(14)15)18-10-8-16-6-1-2-7-16/h1-7,9,11H,8,10H2. The van der Waals surface area contributed by atoms with Crippen LogP contribution in [0.3, 0.4) is 0 Å². The summed E-state index contributed by atoms with van der Waals surface area (Å²) < 4.78 is 12.9. The molecule has 0 saturated heterocycles. The van der Waals surface area contributed by atoms with E-state index in [1.165, 1.54) is 12.3 Å². The molecule has 3 rings (SSSR count). The largest absolute Gasteiger partial charge is 0.492 e. The molecule has 0 N–H and O–H groups in total. The van der Waals surface area contributed by atoms with Crippen molar-refractivity contribution in [2.45, 2.75) is 6.54 Å². The summed E-state index contributed by atoms with van der Waals surface area (Å²) >= 11 is 0. The molecule has 4 heteroatoms. The third-order valence-corrected chi connectivity index (χ3v) is 2.92. The fourth-order valence-corrected chi connectivity index (χ4v) is 1.94. The fraction of sp³-hybridized carbons (Fsp3) is 0.133. The molecule has 0 spiro atoms. The number of nitrogens with zero attached hydrogens (tertiary/aromatic N) is 1. The Kier molecular flexibility index (Phi) is 3.06. The molecule has 3 aromatic rings. The van der Waals surface area contributed by atoms with Crippen LogP contribution >= 0.6 is 0 Å². The lowest BCUT2D eigenvalue weighted by atomic mass is 10.2. The Hall–Kier alpha value is -2.49. The van der Waals surface area contributed by atoms with E-state index in [2.05, 4.69) is 0 Å². The summed E-state index contributed by atoms with van der Waals surface area (Å²) in [4.78, 5) is 11.7. The highest BCUT2D eigenvalue weighted by Gasteiger charge is 2.02. The van der Waals surface area contributed by atoms with Crippen molar-refractivity contribution in [1.82, 2.24) is 4.57 Å². The Labute approximate surface area is 109 Å². The van der Waals surface area contributed by atoms with Crippen LogP contribution in [0.15, 0.2) is 64.3 Å². The first kappa shape index (κ1) is 11.6. The average molecular weight is 255 g/mol. The van der Waals surface area contributed by atoms with E-state index in [1.807, 2.05) is 29.1 Å². The summed E-state index contributed by atoms with van der Waals surface area (Å²) in [5.74, 6) is 0.679. The van der Waals surface area contributed by atoms with Crippen LogP contribution in [0.5, 0.6) is 5.75 Å². The summed E-state index contributed by atoms with van der Waals surface area (Å²) in [6.07, 6.45) is 5.37. The van der Waals surface area contributed by atoms with Gasteiger partial charge in [0.05, 0.1) is 18.2 Å². The first-order valence-electron chi connectivity index (χ1n) is 6.08. The molecule has 0 bridgehead atoms. The van der Waals surface area contributed by atoms with E-state index >= 15 is 0 Å². The SMILES string of the molecule is O=c1ccoc2ccc(OCCn3cccc3)cc12. The molecule has 0 fully saturated rings. The molecule has 19 heavy (non-hydrogen) atoms. The molecule has 96 valence electrons. The van der Waals surface area contributed by atoms with Crippen molar-refractivity contribution in [3.8, 4) is 5.75 Å². The summed E-state index contributed by atoms with van der Waals surface area (Å²) in [7, 11) is 0. The summed E-state index contributed by atoms with van der Waals surface area (Å²) in [6, 6.07) is 10.6. The number of ether oxygens (including phenoxy) is 1. The van der Waals surface area contributed by atoms with E-state index in [9.17, 15) is 4.79 Å². The van der Waals surface area contributed by atoms with Gasteiger partial charge in [-0.25, -0.2) is 0 Å². The zero-order valence-electron chi connectivity index (χ0n) is 10.3. The van der Waals surface area contributed by atoms with E-state index in [4.69, 9.17) is 9.15 Å². The van der Waals surface area contributed by atoms with Crippen molar-refractivity contribution in [3.63, 3.8) is 0 Å². The fourth-order valence-electron chi connectivity index (χ4n) is 1.94. The molecule has 0 aliphatic heterocycles. The second-order valence-electron chi connectivity index (χ2n) is 4.21. The Bertz CT molecular complexity index is 728. The third kappa shape index (κ3) is 2.52. The van der Waals surface area contributed by atoms with Gasteiger partial charge < -0.3 is 13.7 Å². The van der Waals surface area contributed by atoms with Gasteiger partial charge in [0.1, 0.15) is 17.9 Å². The quantitative estimate of drug-likeness (QED) is 0.720. The number of aromatic nitrogens is 1. The number of hydrogen-bond donors (Lipinski definition) is 0. The second-order valence-corrected chi connectivity index (χ2v) is 4.21. The van der Waals surface area contributed by atoms with Crippen molar-refractivity contribution in [2.75, 3.05) is 6.61 Å². The maximum Gasteiger partial charge on any atom is 0.192 e. The Morgan fingerprint density at radius 1 is 1.16 bits per heavy atom. The molecule has 2 heterocycles. The number of fused-ring (bicyclic) bond motifs is 1. The zero-order chi connectivity index (χ0) is 13.1. The van der Waals surface area contributed by atoms with E-state index in [1.54, 1.807) is 18.2 Å². The van der Waals surface area contributed by atoms with Gasteiger partial charge in [0, 0.05) is 18.5 Å². The van der Waals surface area contributed by atoms with Crippen LogP contribution in [0.1, 0.15) is 0 Å². The normalized spacial score (nSPS) is 10.7. The lowest BCUT2D eigenvalue weighted by Crippen LogP contribution is -2.06. The highest BCUT2D eigenvalue weighted by atomic mass is 16.5. The van der Waals surface area contributed by atoms with Crippen LogP contribution in [-0.4, -0.2) is 11.2 Å². The van der Waals surface area contributed by atoms with Gasteiger partial charge in [-0.05, 0) is 30.3 Å². The molecule has 0 radical (unpaired) electrons. The Morgan fingerprint density at radius 2 is 2.00 bits per heavy atom. The van der Waals surface area contributed by atoms with Gasteiger partial charge in [-0.2, -0.15) is 0 Å².